The predicted molar refractivity (Wildman–Crippen MR) is 79.5 cm³/mol. The maximum atomic E-state index is 12.4. The van der Waals surface area contributed by atoms with E-state index in [4.69, 9.17) is 0 Å². The third-order valence-electron chi connectivity index (χ3n) is 3.48. The molecule has 2 heterocycles. The molecule has 0 saturated carbocycles. The molecule has 0 fully saturated rings. The van der Waals surface area contributed by atoms with Gasteiger partial charge in [0, 0.05) is 6.20 Å². The van der Waals surface area contributed by atoms with E-state index >= 15 is 0 Å². The Balaban J connectivity index is 2.27. The van der Waals surface area contributed by atoms with Gasteiger partial charge in [0.2, 0.25) is 0 Å². The Bertz CT molecular complexity index is 636. The fraction of sp³-hybridized carbons (Fsp3) is 0.467. The molecule has 0 aromatic carbocycles. The van der Waals surface area contributed by atoms with Crippen LogP contribution in [-0.2, 0) is 0 Å². The number of aliphatic hydroxyl groups is 1. The molecule has 0 spiro atoms. The van der Waals surface area contributed by atoms with E-state index in [0.29, 0.717) is 17.0 Å². The van der Waals surface area contributed by atoms with Crippen molar-refractivity contribution in [2.45, 2.75) is 39.2 Å². The average Bonchev–Trinajstić information content (AvgIpc) is 2.81. The molecule has 1 atom stereocenters. The molecule has 6 nitrogen and oxygen atoms in total. The first-order chi connectivity index (χ1) is 10.1. The minimum Gasteiger partial charge on any atom is -0.504 e. The number of nitrogens with zero attached hydrogens (tertiary/aromatic N) is 2. The van der Waals surface area contributed by atoms with Crippen LogP contribution >= 0.6 is 0 Å². The molecule has 0 aliphatic rings. The fourth-order valence-corrected chi connectivity index (χ4v) is 2.35. The van der Waals surface area contributed by atoms with Gasteiger partial charge in [0.25, 0.3) is 5.91 Å². The summed E-state index contributed by atoms with van der Waals surface area (Å²) in [5.74, 6) is -0.259. The van der Waals surface area contributed by atoms with Crippen LogP contribution in [0, 0.1) is 6.92 Å². The van der Waals surface area contributed by atoms with E-state index in [1.807, 2.05) is 0 Å². The lowest BCUT2D eigenvalue weighted by molar-refractivity contribution is 0.0905. The summed E-state index contributed by atoms with van der Waals surface area (Å²) < 4.78 is 1.56. The van der Waals surface area contributed by atoms with E-state index in [-0.39, 0.29) is 24.3 Å². The van der Waals surface area contributed by atoms with Gasteiger partial charge in [0.05, 0.1) is 18.3 Å². The SMILES string of the molecule is CCCCC(CO)NC(=O)c1c(C)nc2c(O)cccn12. The average molecular weight is 291 g/mol. The van der Waals surface area contributed by atoms with Crippen LogP contribution in [0.5, 0.6) is 5.75 Å². The molecule has 21 heavy (non-hydrogen) atoms. The van der Waals surface area contributed by atoms with E-state index < -0.39 is 0 Å². The second kappa shape index (κ2) is 6.58. The molecule has 2 aromatic heterocycles. The van der Waals surface area contributed by atoms with Gasteiger partial charge >= 0.3 is 0 Å². The molecule has 0 radical (unpaired) electrons. The maximum Gasteiger partial charge on any atom is 0.270 e. The fourth-order valence-electron chi connectivity index (χ4n) is 2.35. The van der Waals surface area contributed by atoms with E-state index in [2.05, 4.69) is 17.2 Å². The molecule has 0 bridgehead atoms. The lowest BCUT2D eigenvalue weighted by Crippen LogP contribution is -2.38. The standard InChI is InChI=1S/C15H21N3O3/c1-3-4-6-11(9-19)17-15(21)13-10(2)16-14-12(20)7-5-8-18(13)14/h5,7-8,11,19-20H,3-4,6,9H2,1-2H3,(H,17,21). The Morgan fingerprint density at radius 2 is 2.29 bits per heavy atom. The summed E-state index contributed by atoms with van der Waals surface area (Å²) in [6, 6.07) is 2.92. The van der Waals surface area contributed by atoms with Crippen molar-refractivity contribution in [2.24, 2.45) is 0 Å². The topological polar surface area (TPSA) is 86.9 Å². The Morgan fingerprint density at radius 1 is 1.52 bits per heavy atom. The smallest absolute Gasteiger partial charge is 0.270 e. The summed E-state index contributed by atoms with van der Waals surface area (Å²) in [5.41, 5.74) is 1.28. The number of nitrogens with one attached hydrogen (secondary N) is 1. The number of hydrogen-bond acceptors (Lipinski definition) is 4. The van der Waals surface area contributed by atoms with Crippen molar-refractivity contribution in [2.75, 3.05) is 6.61 Å². The lowest BCUT2D eigenvalue weighted by Gasteiger charge is -2.16. The molecule has 0 saturated heterocycles. The van der Waals surface area contributed by atoms with E-state index in [1.54, 1.807) is 23.6 Å². The highest BCUT2D eigenvalue weighted by Gasteiger charge is 2.20. The summed E-state index contributed by atoms with van der Waals surface area (Å²) in [7, 11) is 0. The first-order valence-corrected chi connectivity index (χ1v) is 7.16. The molecular formula is C15H21N3O3. The number of fused-ring (bicyclic) bond motifs is 1. The zero-order chi connectivity index (χ0) is 15.4. The zero-order valence-corrected chi connectivity index (χ0v) is 12.3. The van der Waals surface area contributed by atoms with Crippen molar-refractivity contribution >= 4 is 11.6 Å². The largest absolute Gasteiger partial charge is 0.504 e. The van der Waals surface area contributed by atoms with Crippen LogP contribution < -0.4 is 5.32 Å². The number of amides is 1. The highest BCUT2D eigenvalue weighted by atomic mass is 16.3. The first-order valence-electron chi connectivity index (χ1n) is 7.16. The second-order valence-electron chi connectivity index (χ2n) is 5.13. The van der Waals surface area contributed by atoms with Crippen LogP contribution in [0.25, 0.3) is 5.65 Å². The molecule has 1 unspecified atom stereocenters. The zero-order valence-electron chi connectivity index (χ0n) is 12.3. The Hall–Kier alpha value is -2.08. The highest BCUT2D eigenvalue weighted by Crippen LogP contribution is 2.20. The van der Waals surface area contributed by atoms with Crippen LogP contribution in [-0.4, -0.2) is 38.2 Å². The second-order valence-corrected chi connectivity index (χ2v) is 5.13. The molecular weight excluding hydrogens is 270 g/mol. The van der Waals surface area contributed by atoms with Gasteiger partial charge in [-0.05, 0) is 25.5 Å². The van der Waals surface area contributed by atoms with E-state index in [0.717, 1.165) is 19.3 Å². The van der Waals surface area contributed by atoms with Gasteiger partial charge in [0.1, 0.15) is 5.69 Å². The number of unbranched alkanes of at least 4 members (excludes halogenated alkanes) is 1. The number of aromatic nitrogens is 2. The van der Waals surface area contributed by atoms with Crippen molar-refractivity contribution in [3.05, 3.63) is 29.7 Å². The Kier molecular flexibility index (Phi) is 4.80. The number of carbonyl (C=O) groups excluding carboxylic acids is 1. The summed E-state index contributed by atoms with van der Waals surface area (Å²) in [6.45, 7) is 3.70. The number of pyridine rings is 1. The summed E-state index contributed by atoms with van der Waals surface area (Å²) in [6.07, 6.45) is 4.37. The molecule has 2 aromatic rings. The lowest BCUT2D eigenvalue weighted by atomic mass is 10.1. The van der Waals surface area contributed by atoms with Gasteiger partial charge in [-0.15, -0.1) is 0 Å². The first kappa shape index (κ1) is 15.3. The van der Waals surface area contributed by atoms with Crippen molar-refractivity contribution < 1.29 is 15.0 Å². The van der Waals surface area contributed by atoms with Gasteiger partial charge in [0.15, 0.2) is 11.4 Å². The highest BCUT2D eigenvalue weighted by molar-refractivity contribution is 5.95. The van der Waals surface area contributed by atoms with Gasteiger partial charge in [-0.1, -0.05) is 19.8 Å². The van der Waals surface area contributed by atoms with Crippen LogP contribution in [0.2, 0.25) is 0 Å². The van der Waals surface area contributed by atoms with E-state index in [9.17, 15) is 15.0 Å². The predicted octanol–water partition coefficient (Wildman–Crippen LogP) is 1.63. The Labute approximate surface area is 123 Å². The minimum atomic E-state index is -0.291. The molecule has 0 aliphatic carbocycles. The number of imidazole rings is 1. The maximum absolute atomic E-state index is 12.4. The molecule has 1 amide bonds. The number of hydrogen-bond donors (Lipinski definition) is 3. The van der Waals surface area contributed by atoms with Crippen molar-refractivity contribution in [3.8, 4) is 5.75 Å². The summed E-state index contributed by atoms with van der Waals surface area (Å²) in [4.78, 5) is 16.6. The summed E-state index contributed by atoms with van der Waals surface area (Å²) >= 11 is 0. The van der Waals surface area contributed by atoms with Crippen molar-refractivity contribution in [3.63, 3.8) is 0 Å². The van der Waals surface area contributed by atoms with Crippen molar-refractivity contribution in [1.29, 1.82) is 0 Å². The van der Waals surface area contributed by atoms with Crippen LogP contribution in [0.4, 0.5) is 0 Å². The Morgan fingerprint density at radius 3 is 2.95 bits per heavy atom. The van der Waals surface area contributed by atoms with Gasteiger partial charge in [-0.2, -0.15) is 0 Å². The van der Waals surface area contributed by atoms with Gasteiger partial charge < -0.3 is 15.5 Å². The monoisotopic (exact) mass is 291 g/mol. The molecule has 114 valence electrons. The minimum absolute atomic E-state index is 0.0318. The molecule has 0 aliphatic heterocycles. The molecule has 3 N–H and O–H groups in total. The van der Waals surface area contributed by atoms with E-state index in [1.165, 1.54) is 6.07 Å². The van der Waals surface area contributed by atoms with Crippen LogP contribution in [0.1, 0.15) is 42.4 Å². The number of aryl methyl sites for hydroxylation is 1. The number of rotatable bonds is 6. The number of carbonyl (C=O) groups is 1. The molecule has 6 heteroatoms. The van der Waals surface area contributed by atoms with Crippen LogP contribution in [0.3, 0.4) is 0 Å². The normalized spacial score (nSPS) is 12.5. The van der Waals surface area contributed by atoms with Crippen molar-refractivity contribution in [1.82, 2.24) is 14.7 Å². The van der Waals surface area contributed by atoms with Gasteiger partial charge in [-0.3, -0.25) is 9.20 Å². The number of aliphatic hydroxyl groups excluding tert-OH is 1. The third-order valence-corrected chi connectivity index (χ3v) is 3.48. The van der Waals surface area contributed by atoms with Gasteiger partial charge in [-0.25, -0.2) is 4.98 Å². The van der Waals surface area contributed by atoms with Crippen LogP contribution in [0.15, 0.2) is 18.3 Å². The third kappa shape index (κ3) is 3.16. The summed E-state index contributed by atoms with van der Waals surface area (Å²) in [5, 5.41) is 22.0. The molecule has 2 rings (SSSR count). The quantitative estimate of drug-likeness (QED) is 0.755. The number of aromatic hydroxyl groups is 1.